The van der Waals surface area contributed by atoms with E-state index in [4.69, 9.17) is 0 Å². The van der Waals surface area contributed by atoms with Crippen molar-refractivity contribution < 1.29 is 14.3 Å². The molecule has 1 aromatic carbocycles. The molecule has 0 aliphatic carbocycles. The summed E-state index contributed by atoms with van der Waals surface area (Å²) in [7, 11) is 0. The largest absolute Gasteiger partial charge is 0.388 e. The first kappa shape index (κ1) is 15.7. The van der Waals surface area contributed by atoms with Gasteiger partial charge in [-0.05, 0) is 36.1 Å². The number of halogens is 1. The molecule has 0 aliphatic heterocycles. The molecule has 2 atom stereocenters. The zero-order chi connectivity index (χ0) is 15.2. The lowest BCUT2D eigenvalue weighted by Gasteiger charge is -2.15. The number of benzene rings is 1. The molecule has 2 N–H and O–H groups in total. The number of aliphatic hydroxyl groups is 1. The van der Waals surface area contributed by atoms with Gasteiger partial charge in [0, 0.05) is 17.3 Å². The Bertz CT molecular complexity index is 586. The van der Waals surface area contributed by atoms with Crippen LogP contribution in [0, 0.1) is 5.82 Å². The molecule has 2 unspecified atom stereocenters. The Morgan fingerprint density at radius 2 is 2.19 bits per heavy atom. The minimum Gasteiger partial charge on any atom is -0.388 e. The highest BCUT2D eigenvalue weighted by Crippen LogP contribution is 2.17. The summed E-state index contributed by atoms with van der Waals surface area (Å²) in [5.74, 6) is -0.658. The third kappa shape index (κ3) is 4.95. The molecule has 1 aromatic heterocycles. The second-order valence-corrected chi connectivity index (χ2v) is 6.06. The van der Waals surface area contributed by atoms with Crippen LogP contribution < -0.4 is 5.32 Å². The number of carbonyl (C=O) groups is 1. The maximum atomic E-state index is 13.1. The first-order chi connectivity index (χ1) is 10.0. The lowest BCUT2D eigenvalue weighted by Crippen LogP contribution is -2.34. The van der Waals surface area contributed by atoms with Crippen molar-refractivity contribution in [2.24, 2.45) is 0 Å². The van der Waals surface area contributed by atoms with Gasteiger partial charge in [0.25, 0.3) is 0 Å². The zero-order valence-corrected chi connectivity index (χ0v) is 12.6. The van der Waals surface area contributed by atoms with Crippen LogP contribution in [0.4, 0.5) is 4.39 Å². The van der Waals surface area contributed by atoms with Gasteiger partial charge < -0.3 is 10.4 Å². The van der Waals surface area contributed by atoms with Crippen LogP contribution >= 0.6 is 11.3 Å². The minimum atomic E-state index is -0.991. The number of thiophene rings is 1. The topological polar surface area (TPSA) is 49.3 Å². The van der Waals surface area contributed by atoms with Crippen LogP contribution in [0.1, 0.15) is 29.9 Å². The first-order valence-electron chi connectivity index (χ1n) is 6.80. The third-order valence-corrected chi connectivity index (χ3v) is 4.01. The van der Waals surface area contributed by atoms with E-state index in [-0.39, 0.29) is 18.4 Å². The fourth-order valence-corrected chi connectivity index (χ4v) is 2.96. The molecule has 0 saturated carbocycles. The summed E-state index contributed by atoms with van der Waals surface area (Å²) >= 11 is 1.65. The standard InChI is InChI=1S/C16H18FNO2S/c1-11(8-14-6-3-7-21-14)18-16(20)10-15(19)12-4-2-5-13(17)9-12/h2-7,9,11,15,19H,8,10H2,1H3,(H,18,20). The molecule has 5 heteroatoms. The molecule has 0 bridgehead atoms. The van der Waals surface area contributed by atoms with Gasteiger partial charge in [-0.15, -0.1) is 11.3 Å². The number of carbonyl (C=O) groups excluding carboxylic acids is 1. The Balaban J connectivity index is 1.83. The Morgan fingerprint density at radius 3 is 2.86 bits per heavy atom. The van der Waals surface area contributed by atoms with E-state index >= 15 is 0 Å². The molecule has 2 rings (SSSR count). The quantitative estimate of drug-likeness (QED) is 0.862. The highest BCUT2D eigenvalue weighted by molar-refractivity contribution is 7.09. The van der Waals surface area contributed by atoms with Crippen molar-refractivity contribution in [2.45, 2.75) is 31.9 Å². The van der Waals surface area contributed by atoms with E-state index in [2.05, 4.69) is 5.32 Å². The van der Waals surface area contributed by atoms with Crippen molar-refractivity contribution in [2.75, 3.05) is 0 Å². The van der Waals surface area contributed by atoms with Gasteiger partial charge >= 0.3 is 0 Å². The maximum Gasteiger partial charge on any atom is 0.223 e. The zero-order valence-electron chi connectivity index (χ0n) is 11.8. The molecule has 0 radical (unpaired) electrons. The van der Waals surface area contributed by atoms with Crippen molar-refractivity contribution in [1.29, 1.82) is 0 Å². The summed E-state index contributed by atoms with van der Waals surface area (Å²) < 4.78 is 13.1. The molecule has 0 fully saturated rings. The lowest BCUT2D eigenvalue weighted by atomic mass is 10.1. The Labute approximate surface area is 127 Å². The highest BCUT2D eigenvalue weighted by Gasteiger charge is 2.15. The maximum absolute atomic E-state index is 13.1. The van der Waals surface area contributed by atoms with Gasteiger partial charge in [-0.25, -0.2) is 4.39 Å². The van der Waals surface area contributed by atoms with Crippen LogP contribution in [-0.2, 0) is 11.2 Å². The van der Waals surface area contributed by atoms with Crippen LogP contribution in [0.5, 0.6) is 0 Å². The van der Waals surface area contributed by atoms with E-state index in [1.807, 2.05) is 24.4 Å². The lowest BCUT2D eigenvalue weighted by molar-refractivity contribution is -0.123. The van der Waals surface area contributed by atoms with Crippen molar-refractivity contribution in [1.82, 2.24) is 5.32 Å². The number of nitrogens with one attached hydrogen (secondary N) is 1. The van der Waals surface area contributed by atoms with Gasteiger partial charge in [-0.1, -0.05) is 18.2 Å². The van der Waals surface area contributed by atoms with Gasteiger partial charge in [-0.3, -0.25) is 4.79 Å². The molecular formula is C16H18FNO2S. The van der Waals surface area contributed by atoms with E-state index in [0.29, 0.717) is 5.56 Å². The van der Waals surface area contributed by atoms with Crippen LogP contribution in [0.3, 0.4) is 0 Å². The number of aliphatic hydroxyl groups excluding tert-OH is 1. The molecular weight excluding hydrogens is 289 g/mol. The molecule has 21 heavy (non-hydrogen) atoms. The summed E-state index contributed by atoms with van der Waals surface area (Å²) in [5, 5.41) is 14.8. The van der Waals surface area contributed by atoms with E-state index in [1.165, 1.54) is 23.1 Å². The van der Waals surface area contributed by atoms with E-state index in [1.54, 1.807) is 17.4 Å². The van der Waals surface area contributed by atoms with Crippen molar-refractivity contribution in [3.63, 3.8) is 0 Å². The average molecular weight is 307 g/mol. The monoisotopic (exact) mass is 307 g/mol. The van der Waals surface area contributed by atoms with Crippen molar-refractivity contribution in [3.8, 4) is 0 Å². The van der Waals surface area contributed by atoms with E-state index in [0.717, 1.165) is 6.42 Å². The Hall–Kier alpha value is -1.72. The summed E-state index contributed by atoms with van der Waals surface area (Å²) in [6.45, 7) is 1.92. The van der Waals surface area contributed by atoms with Crippen LogP contribution in [0.25, 0.3) is 0 Å². The fourth-order valence-electron chi connectivity index (χ4n) is 2.12. The van der Waals surface area contributed by atoms with Crippen molar-refractivity contribution in [3.05, 3.63) is 58.0 Å². The molecule has 0 spiro atoms. The molecule has 1 amide bonds. The SMILES string of the molecule is CC(Cc1cccs1)NC(=O)CC(O)c1cccc(F)c1. The summed E-state index contributed by atoms with van der Waals surface area (Å²) in [5.41, 5.74) is 0.413. The van der Waals surface area contributed by atoms with Gasteiger partial charge in [0.1, 0.15) is 5.82 Å². The number of rotatable bonds is 6. The summed E-state index contributed by atoms with van der Waals surface area (Å²) in [4.78, 5) is 13.1. The third-order valence-electron chi connectivity index (χ3n) is 3.11. The normalized spacial score (nSPS) is 13.7. The summed E-state index contributed by atoms with van der Waals surface area (Å²) in [6.07, 6.45) is -0.299. The molecule has 0 aliphatic rings. The first-order valence-corrected chi connectivity index (χ1v) is 7.68. The van der Waals surface area contributed by atoms with E-state index < -0.39 is 11.9 Å². The molecule has 1 heterocycles. The smallest absolute Gasteiger partial charge is 0.223 e. The van der Waals surface area contributed by atoms with Crippen molar-refractivity contribution >= 4 is 17.2 Å². The predicted molar refractivity (Wildman–Crippen MR) is 81.6 cm³/mol. The minimum absolute atomic E-state index is 0.00383. The van der Waals surface area contributed by atoms with Gasteiger partial charge in [0.2, 0.25) is 5.91 Å². The van der Waals surface area contributed by atoms with Crippen LogP contribution in [0.2, 0.25) is 0 Å². The van der Waals surface area contributed by atoms with Gasteiger partial charge in [0.15, 0.2) is 0 Å². The summed E-state index contributed by atoms with van der Waals surface area (Å²) in [6, 6.07) is 9.67. The fraction of sp³-hybridized carbons (Fsp3) is 0.312. The second-order valence-electron chi connectivity index (χ2n) is 5.03. The number of amides is 1. The molecule has 2 aromatic rings. The predicted octanol–water partition coefficient (Wildman–Crippen LogP) is 3.06. The Kier molecular flexibility index (Phi) is 5.47. The number of hydrogen-bond donors (Lipinski definition) is 2. The second kappa shape index (κ2) is 7.33. The van der Waals surface area contributed by atoms with E-state index in [9.17, 15) is 14.3 Å². The van der Waals surface area contributed by atoms with Gasteiger partial charge in [-0.2, -0.15) is 0 Å². The number of hydrogen-bond acceptors (Lipinski definition) is 3. The Morgan fingerprint density at radius 1 is 1.38 bits per heavy atom. The highest BCUT2D eigenvalue weighted by atomic mass is 32.1. The van der Waals surface area contributed by atoms with Crippen LogP contribution in [0.15, 0.2) is 41.8 Å². The van der Waals surface area contributed by atoms with Crippen LogP contribution in [-0.4, -0.2) is 17.1 Å². The molecule has 0 saturated heterocycles. The molecule has 112 valence electrons. The molecule has 3 nitrogen and oxygen atoms in total. The average Bonchev–Trinajstić information content (AvgIpc) is 2.91. The van der Waals surface area contributed by atoms with Gasteiger partial charge in [0.05, 0.1) is 12.5 Å².